The SMILES string of the molecule is CC\C=C/C=C\C=C1/CC=C(C)N(C)C1. The van der Waals surface area contributed by atoms with E-state index in [0.717, 1.165) is 19.4 Å². The van der Waals surface area contributed by atoms with E-state index in [-0.39, 0.29) is 0 Å². The molecule has 0 aromatic carbocycles. The Hall–Kier alpha value is -1.24. The second kappa shape index (κ2) is 6.28. The van der Waals surface area contributed by atoms with Crippen molar-refractivity contribution < 1.29 is 0 Å². The summed E-state index contributed by atoms with van der Waals surface area (Å²) in [6.45, 7) is 5.37. The third kappa shape index (κ3) is 4.20. The Balaban J connectivity index is 2.49. The third-order valence-corrected chi connectivity index (χ3v) is 2.63. The van der Waals surface area contributed by atoms with Gasteiger partial charge >= 0.3 is 0 Å². The van der Waals surface area contributed by atoms with Gasteiger partial charge in [-0.25, -0.2) is 0 Å². The molecule has 1 aliphatic rings. The normalized spacial score (nSPS) is 20.6. The highest BCUT2D eigenvalue weighted by Gasteiger charge is 2.07. The molecule has 1 rings (SSSR count). The summed E-state index contributed by atoms with van der Waals surface area (Å²) in [7, 11) is 2.14. The molecule has 0 spiro atoms. The average Bonchev–Trinajstić information content (AvgIpc) is 2.23. The van der Waals surface area contributed by atoms with E-state index in [0.29, 0.717) is 0 Å². The van der Waals surface area contributed by atoms with Crippen LogP contribution in [0.5, 0.6) is 0 Å². The van der Waals surface area contributed by atoms with Gasteiger partial charge in [0.2, 0.25) is 0 Å². The van der Waals surface area contributed by atoms with Gasteiger partial charge in [0.1, 0.15) is 0 Å². The zero-order chi connectivity index (χ0) is 11.1. The molecule has 0 unspecified atom stereocenters. The Morgan fingerprint density at radius 1 is 1.33 bits per heavy atom. The Morgan fingerprint density at radius 3 is 2.80 bits per heavy atom. The van der Waals surface area contributed by atoms with Crippen LogP contribution in [0.15, 0.2) is 47.7 Å². The highest BCUT2D eigenvalue weighted by atomic mass is 15.1. The number of nitrogens with zero attached hydrogens (tertiary/aromatic N) is 1. The Kier molecular flexibility index (Phi) is 4.96. The number of likely N-dealkylation sites (N-methyl/N-ethyl adjacent to an activating group) is 1. The Bertz CT molecular complexity index is 305. The smallest absolute Gasteiger partial charge is 0.0388 e. The van der Waals surface area contributed by atoms with Crippen LogP contribution in [0.1, 0.15) is 26.7 Å². The lowest BCUT2D eigenvalue weighted by Gasteiger charge is -2.25. The van der Waals surface area contributed by atoms with Crippen molar-refractivity contribution in [2.24, 2.45) is 0 Å². The summed E-state index contributed by atoms with van der Waals surface area (Å²) >= 11 is 0. The summed E-state index contributed by atoms with van der Waals surface area (Å²) in [5.41, 5.74) is 2.85. The number of hydrogen-bond acceptors (Lipinski definition) is 1. The molecule has 0 aliphatic carbocycles. The van der Waals surface area contributed by atoms with E-state index in [1.807, 2.05) is 0 Å². The fourth-order valence-corrected chi connectivity index (χ4v) is 1.52. The van der Waals surface area contributed by atoms with Gasteiger partial charge in [0.05, 0.1) is 0 Å². The van der Waals surface area contributed by atoms with Gasteiger partial charge in [-0.15, -0.1) is 0 Å². The highest BCUT2D eigenvalue weighted by Crippen LogP contribution is 2.16. The van der Waals surface area contributed by atoms with Gasteiger partial charge in [0.25, 0.3) is 0 Å². The standard InChI is InChI=1S/C14H21N/c1-4-5-6-7-8-9-14-11-10-13(2)15(3)12-14/h5-10H,4,11-12H2,1-3H3/b6-5-,8-7-,14-9+. The van der Waals surface area contributed by atoms with Gasteiger partial charge in [-0.1, -0.05) is 43.4 Å². The predicted molar refractivity (Wildman–Crippen MR) is 67.7 cm³/mol. The summed E-state index contributed by atoms with van der Waals surface area (Å²) in [5, 5.41) is 0. The molecule has 0 fully saturated rings. The number of allylic oxidation sites excluding steroid dienone is 7. The molecule has 0 saturated heterocycles. The lowest BCUT2D eigenvalue weighted by Crippen LogP contribution is -2.22. The predicted octanol–water partition coefficient (Wildman–Crippen LogP) is 3.67. The molecule has 1 nitrogen and oxygen atoms in total. The first-order chi connectivity index (χ1) is 7.24. The van der Waals surface area contributed by atoms with Crippen LogP contribution in [0.2, 0.25) is 0 Å². The van der Waals surface area contributed by atoms with Gasteiger partial charge in [-0.05, 0) is 25.3 Å². The van der Waals surface area contributed by atoms with Crippen molar-refractivity contribution >= 4 is 0 Å². The maximum absolute atomic E-state index is 2.28. The number of hydrogen-bond donors (Lipinski definition) is 0. The molecule has 1 aliphatic heterocycles. The summed E-state index contributed by atoms with van der Waals surface area (Å²) < 4.78 is 0. The fraction of sp³-hybridized carbons (Fsp3) is 0.429. The molecule has 0 amide bonds. The quantitative estimate of drug-likeness (QED) is 0.632. The summed E-state index contributed by atoms with van der Waals surface area (Å²) in [5.74, 6) is 0. The van der Waals surface area contributed by atoms with E-state index < -0.39 is 0 Å². The van der Waals surface area contributed by atoms with E-state index in [1.165, 1.54) is 11.3 Å². The first-order valence-corrected chi connectivity index (χ1v) is 5.63. The molecule has 1 heterocycles. The van der Waals surface area contributed by atoms with Gasteiger partial charge in [0.15, 0.2) is 0 Å². The third-order valence-electron chi connectivity index (χ3n) is 2.63. The summed E-state index contributed by atoms with van der Waals surface area (Å²) in [6.07, 6.45) is 15.2. The van der Waals surface area contributed by atoms with Crippen LogP contribution in [0.25, 0.3) is 0 Å². The fourth-order valence-electron chi connectivity index (χ4n) is 1.52. The van der Waals surface area contributed by atoms with Crippen molar-refractivity contribution in [3.63, 3.8) is 0 Å². The molecule has 0 bridgehead atoms. The van der Waals surface area contributed by atoms with E-state index in [9.17, 15) is 0 Å². The van der Waals surface area contributed by atoms with Crippen molar-refractivity contribution in [1.29, 1.82) is 0 Å². The molecule has 0 N–H and O–H groups in total. The van der Waals surface area contributed by atoms with Crippen LogP contribution in [-0.2, 0) is 0 Å². The monoisotopic (exact) mass is 203 g/mol. The van der Waals surface area contributed by atoms with Crippen LogP contribution in [-0.4, -0.2) is 18.5 Å². The minimum atomic E-state index is 1.06. The van der Waals surface area contributed by atoms with E-state index in [1.54, 1.807) is 0 Å². The first kappa shape index (κ1) is 11.8. The first-order valence-electron chi connectivity index (χ1n) is 5.63. The van der Waals surface area contributed by atoms with Crippen LogP contribution in [0.3, 0.4) is 0 Å². The second-order valence-electron chi connectivity index (χ2n) is 3.95. The zero-order valence-corrected chi connectivity index (χ0v) is 10.0. The van der Waals surface area contributed by atoms with Crippen molar-refractivity contribution in [3.8, 4) is 0 Å². The van der Waals surface area contributed by atoms with Crippen molar-refractivity contribution in [2.75, 3.05) is 13.6 Å². The molecule has 82 valence electrons. The molecular formula is C14H21N. The minimum Gasteiger partial charge on any atom is -0.374 e. The van der Waals surface area contributed by atoms with Crippen molar-refractivity contribution in [2.45, 2.75) is 26.7 Å². The largest absolute Gasteiger partial charge is 0.374 e. The average molecular weight is 203 g/mol. The van der Waals surface area contributed by atoms with Crippen LogP contribution in [0, 0.1) is 0 Å². The van der Waals surface area contributed by atoms with Gasteiger partial charge in [-0.2, -0.15) is 0 Å². The van der Waals surface area contributed by atoms with Crippen LogP contribution >= 0.6 is 0 Å². The summed E-state index contributed by atoms with van der Waals surface area (Å²) in [4.78, 5) is 2.28. The van der Waals surface area contributed by atoms with E-state index >= 15 is 0 Å². The summed E-state index contributed by atoms with van der Waals surface area (Å²) in [6, 6.07) is 0. The maximum atomic E-state index is 2.28. The molecule has 0 aromatic heterocycles. The molecule has 0 atom stereocenters. The second-order valence-corrected chi connectivity index (χ2v) is 3.95. The van der Waals surface area contributed by atoms with Crippen LogP contribution < -0.4 is 0 Å². The Labute approximate surface area is 93.5 Å². The maximum Gasteiger partial charge on any atom is 0.0388 e. The van der Waals surface area contributed by atoms with Crippen molar-refractivity contribution in [1.82, 2.24) is 4.90 Å². The Morgan fingerprint density at radius 2 is 2.13 bits per heavy atom. The molecule has 0 aromatic rings. The lowest BCUT2D eigenvalue weighted by atomic mass is 10.1. The van der Waals surface area contributed by atoms with E-state index in [4.69, 9.17) is 0 Å². The lowest BCUT2D eigenvalue weighted by molar-refractivity contribution is 0.436. The molecule has 0 saturated carbocycles. The zero-order valence-electron chi connectivity index (χ0n) is 10.0. The van der Waals surface area contributed by atoms with E-state index in [2.05, 4.69) is 62.3 Å². The topological polar surface area (TPSA) is 3.24 Å². The highest BCUT2D eigenvalue weighted by molar-refractivity contribution is 5.23. The minimum absolute atomic E-state index is 1.06. The van der Waals surface area contributed by atoms with Gasteiger partial charge in [-0.3, -0.25) is 0 Å². The van der Waals surface area contributed by atoms with Crippen LogP contribution in [0.4, 0.5) is 0 Å². The van der Waals surface area contributed by atoms with Gasteiger partial charge < -0.3 is 4.90 Å². The molecule has 0 radical (unpaired) electrons. The van der Waals surface area contributed by atoms with Crippen molar-refractivity contribution in [3.05, 3.63) is 47.7 Å². The van der Waals surface area contributed by atoms with Gasteiger partial charge in [0, 0.05) is 19.3 Å². The number of rotatable bonds is 3. The molecule has 1 heteroatoms. The molecule has 15 heavy (non-hydrogen) atoms. The molecular weight excluding hydrogens is 182 g/mol.